The smallest absolute Gasteiger partial charge is 0.272 e. The third-order valence-electron chi connectivity index (χ3n) is 4.11. The standard InChI is InChI=1S/C15H19N5O5S3/c1-2-13(21)16-14-17-18-15(26-14)28(24,25)20-10-8-19(9-11-20)27(22,23)12-6-4-3-5-7-12/h3-7H,2,8-11H2,1H3,(H,16,17,21). The van der Waals surface area contributed by atoms with Crippen molar-refractivity contribution in [3.8, 4) is 0 Å². The van der Waals surface area contributed by atoms with E-state index in [1.54, 1.807) is 25.1 Å². The number of anilines is 1. The summed E-state index contributed by atoms with van der Waals surface area (Å²) in [7, 11) is -7.58. The van der Waals surface area contributed by atoms with Crippen LogP contribution in [0.25, 0.3) is 0 Å². The van der Waals surface area contributed by atoms with Crippen LogP contribution in [0.5, 0.6) is 0 Å². The minimum atomic E-state index is -3.91. The van der Waals surface area contributed by atoms with Crippen LogP contribution in [0.1, 0.15) is 13.3 Å². The first-order chi connectivity index (χ1) is 13.2. The van der Waals surface area contributed by atoms with Crippen LogP contribution in [0, 0.1) is 0 Å². The third kappa shape index (κ3) is 4.22. The molecule has 3 rings (SSSR count). The second-order valence-corrected chi connectivity index (χ2v) is 10.9. The van der Waals surface area contributed by atoms with Gasteiger partial charge in [-0.1, -0.05) is 36.5 Å². The molecule has 0 radical (unpaired) electrons. The number of rotatable bonds is 6. The molecule has 152 valence electrons. The van der Waals surface area contributed by atoms with Crippen molar-refractivity contribution >= 4 is 42.4 Å². The lowest BCUT2D eigenvalue weighted by atomic mass is 10.4. The SMILES string of the molecule is CCC(=O)Nc1nnc(S(=O)(=O)N2CCN(S(=O)(=O)c3ccccc3)CC2)s1. The first-order valence-electron chi connectivity index (χ1n) is 8.44. The maximum Gasteiger partial charge on any atom is 0.272 e. The van der Waals surface area contributed by atoms with Gasteiger partial charge in [-0.3, -0.25) is 4.79 Å². The Morgan fingerprint density at radius 1 is 1.00 bits per heavy atom. The molecule has 1 fully saturated rings. The van der Waals surface area contributed by atoms with Crippen LogP contribution in [-0.2, 0) is 24.8 Å². The van der Waals surface area contributed by atoms with E-state index >= 15 is 0 Å². The minimum absolute atomic E-state index is 0.00459. The monoisotopic (exact) mass is 445 g/mol. The van der Waals surface area contributed by atoms with Gasteiger partial charge < -0.3 is 5.32 Å². The molecule has 0 unspecified atom stereocenters. The first kappa shape index (κ1) is 20.8. The van der Waals surface area contributed by atoms with Gasteiger partial charge in [0.15, 0.2) is 0 Å². The van der Waals surface area contributed by atoms with E-state index in [2.05, 4.69) is 15.5 Å². The van der Waals surface area contributed by atoms with Gasteiger partial charge in [-0.2, -0.15) is 8.61 Å². The summed E-state index contributed by atoms with van der Waals surface area (Å²) in [6.07, 6.45) is 0.236. The van der Waals surface area contributed by atoms with E-state index in [-0.39, 0.29) is 52.9 Å². The van der Waals surface area contributed by atoms with Gasteiger partial charge in [-0.05, 0) is 12.1 Å². The predicted molar refractivity (Wildman–Crippen MR) is 103 cm³/mol. The molecule has 0 saturated carbocycles. The molecule has 0 bridgehead atoms. The number of carbonyl (C=O) groups excluding carboxylic acids is 1. The normalized spacial score (nSPS) is 16.8. The van der Waals surface area contributed by atoms with Crippen molar-refractivity contribution in [2.45, 2.75) is 22.6 Å². The number of hydrogen-bond acceptors (Lipinski definition) is 8. The number of nitrogens with one attached hydrogen (secondary N) is 1. The largest absolute Gasteiger partial charge is 0.301 e. The van der Waals surface area contributed by atoms with Crippen molar-refractivity contribution in [1.29, 1.82) is 0 Å². The highest BCUT2D eigenvalue weighted by atomic mass is 32.2. The van der Waals surface area contributed by atoms with Crippen molar-refractivity contribution in [2.75, 3.05) is 31.5 Å². The van der Waals surface area contributed by atoms with Gasteiger partial charge in [-0.15, -0.1) is 10.2 Å². The summed E-state index contributed by atoms with van der Waals surface area (Å²) >= 11 is 0.765. The summed E-state index contributed by atoms with van der Waals surface area (Å²) < 4.78 is 53.0. The van der Waals surface area contributed by atoms with Crippen LogP contribution in [0.2, 0.25) is 0 Å². The molecule has 10 nitrogen and oxygen atoms in total. The maximum absolute atomic E-state index is 12.7. The topological polar surface area (TPSA) is 130 Å². The number of sulfonamides is 2. The summed E-state index contributed by atoms with van der Waals surface area (Å²) in [4.78, 5) is 11.6. The lowest BCUT2D eigenvalue weighted by Gasteiger charge is -2.32. The van der Waals surface area contributed by atoms with Gasteiger partial charge >= 0.3 is 0 Å². The highest BCUT2D eigenvalue weighted by Gasteiger charge is 2.35. The van der Waals surface area contributed by atoms with Crippen LogP contribution in [0.3, 0.4) is 0 Å². The van der Waals surface area contributed by atoms with E-state index in [9.17, 15) is 21.6 Å². The molecule has 13 heteroatoms. The van der Waals surface area contributed by atoms with E-state index < -0.39 is 20.0 Å². The van der Waals surface area contributed by atoms with E-state index in [1.165, 1.54) is 20.7 Å². The number of amides is 1. The Kier molecular flexibility index (Phi) is 6.09. The molecule has 2 heterocycles. The fourth-order valence-electron chi connectivity index (χ4n) is 2.57. The second-order valence-electron chi connectivity index (χ2n) is 5.90. The Hall–Kier alpha value is -1.93. The zero-order valence-electron chi connectivity index (χ0n) is 15.0. The van der Waals surface area contributed by atoms with Gasteiger partial charge in [0.05, 0.1) is 4.90 Å². The van der Waals surface area contributed by atoms with E-state index in [0.29, 0.717) is 0 Å². The quantitative estimate of drug-likeness (QED) is 0.644. The van der Waals surface area contributed by atoms with Crippen molar-refractivity contribution in [2.24, 2.45) is 0 Å². The van der Waals surface area contributed by atoms with E-state index in [4.69, 9.17) is 0 Å². The van der Waals surface area contributed by atoms with Crippen molar-refractivity contribution in [3.63, 3.8) is 0 Å². The highest BCUT2D eigenvalue weighted by molar-refractivity contribution is 7.91. The van der Waals surface area contributed by atoms with Gasteiger partial charge in [-0.25, -0.2) is 16.8 Å². The number of nitrogens with zero attached hydrogens (tertiary/aromatic N) is 4. The Labute approximate surface area is 167 Å². The number of aromatic nitrogens is 2. The second kappa shape index (κ2) is 8.21. The van der Waals surface area contributed by atoms with E-state index in [1.807, 2.05) is 0 Å². The van der Waals surface area contributed by atoms with Crippen molar-refractivity contribution in [1.82, 2.24) is 18.8 Å². The Morgan fingerprint density at radius 2 is 1.57 bits per heavy atom. The van der Waals surface area contributed by atoms with Crippen LogP contribution >= 0.6 is 11.3 Å². The molecule has 1 aromatic carbocycles. The Morgan fingerprint density at radius 3 is 2.14 bits per heavy atom. The summed E-state index contributed by atoms with van der Waals surface area (Å²) in [5.74, 6) is -0.292. The molecular weight excluding hydrogens is 426 g/mol. The van der Waals surface area contributed by atoms with Crippen molar-refractivity contribution in [3.05, 3.63) is 30.3 Å². The molecule has 1 aliphatic rings. The third-order valence-corrected chi connectivity index (χ3v) is 9.11. The lowest BCUT2D eigenvalue weighted by Crippen LogP contribution is -2.50. The van der Waals surface area contributed by atoms with E-state index in [0.717, 1.165) is 11.3 Å². The molecule has 28 heavy (non-hydrogen) atoms. The van der Waals surface area contributed by atoms with Crippen LogP contribution in [0.15, 0.2) is 39.6 Å². The fraction of sp³-hybridized carbons (Fsp3) is 0.400. The number of carbonyl (C=O) groups is 1. The average Bonchev–Trinajstić information content (AvgIpc) is 3.18. The molecule has 1 N–H and O–H groups in total. The van der Waals surface area contributed by atoms with Gasteiger partial charge in [0, 0.05) is 32.6 Å². The zero-order chi connectivity index (χ0) is 20.4. The molecule has 1 aromatic heterocycles. The number of benzene rings is 1. The molecule has 1 saturated heterocycles. The van der Waals surface area contributed by atoms with Crippen molar-refractivity contribution < 1.29 is 21.6 Å². The fourth-order valence-corrected chi connectivity index (χ4v) is 6.49. The van der Waals surface area contributed by atoms with Crippen LogP contribution in [-0.4, -0.2) is 67.7 Å². The highest BCUT2D eigenvalue weighted by Crippen LogP contribution is 2.25. The molecule has 0 spiro atoms. The molecule has 1 amide bonds. The average molecular weight is 446 g/mol. The zero-order valence-corrected chi connectivity index (χ0v) is 17.4. The first-order valence-corrected chi connectivity index (χ1v) is 12.1. The summed E-state index contributed by atoms with van der Waals surface area (Å²) in [5, 5.41) is 9.92. The Balaban J connectivity index is 1.70. The predicted octanol–water partition coefficient (Wildman–Crippen LogP) is 0.582. The molecule has 2 aromatic rings. The molecule has 0 aliphatic carbocycles. The molecule has 1 aliphatic heterocycles. The molecular formula is C15H19N5O5S3. The lowest BCUT2D eigenvalue weighted by molar-refractivity contribution is -0.115. The van der Waals surface area contributed by atoms with Gasteiger partial charge in [0.25, 0.3) is 10.0 Å². The van der Waals surface area contributed by atoms with Crippen LogP contribution in [0.4, 0.5) is 5.13 Å². The van der Waals surface area contributed by atoms with Gasteiger partial charge in [0.1, 0.15) is 0 Å². The number of piperazine rings is 1. The number of hydrogen-bond donors (Lipinski definition) is 1. The van der Waals surface area contributed by atoms with Gasteiger partial charge in [0.2, 0.25) is 25.4 Å². The summed E-state index contributed by atoms with van der Waals surface area (Å²) in [6, 6.07) is 8.01. The maximum atomic E-state index is 12.7. The summed E-state index contributed by atoms with van der Waals surface area (Å²) in [6.45, 7) is 1.75. The minimum Gasteiger partial charge on any atom is -0.301 e. The van der Waals surface area contributed by atoms with Crippen LogP contribution < -0.4 is 5.32 Å². The summed E-state index contributed by atoms with van der Waals surface area (Å²) in [5.41, 5.74) is 0. The molecule has 0 atom stereocenters. The Bertz CT molecular complexity index is 1040.